The van der Waals surface area contributed by atoms with E-state index in [1.165, 1.54) is 19.3 Å². The van der Waals surface area contributed by atoms with Crippen LogP contribution in [-0.2, 0) is 0 Å². The quantitative estimate of drug-likeness (QED) is 0.508. The molecule has 0 aromatic rings. The van der Waals surface area contributed by atoms with E-state index in [9.17, 15) is 4.79 Å². The van der Waals surface area contributed by atoms with Crippen molar-refractivity contribution in [3.8, 4) is 0 Å². The highest BCUT2D eigenvalue weighted by molar-refractivity contribution is 5.75. The first-order chi connectivity index (χ1) is 5.38. The zero-order valence-corrected chi connectivity index (χ0v) is 6.75. The molecule has 3 heteroatoms. The van der Waals surface area contributed by atoms with Gasteiger partial charge in [-0.05, 0) is 19.3 Å². The molecule has 0 atom stereocenters. The second kappa shape index (κ2) is 2.72. The van der Waals surface area contributed by atoms with Gasteiger partial charge in [0.2, 0.25) is 0 Å². The first kappa shape index (κ1) is 6.95. The molecule has 0 spiro atoms. The summed E-state index contributed by atoms with van der Waals surface area (Å²) in [6.07, 6.45) is 3.58. The van der Waals surface area contributed by atoms with Crippen LogP contribution in [0.2, 0.25) is 0 Å². The second-order valence-corrected chi connectivity index (χ2v) is 3.32. The Kier molecular flexibility index (Phi) is 1.72. The van der Waals surface area contributed by atoms with Crippen LogP contribution < -0.4 is 0 Å². The van der Waals surface area contributed by atoms with Gasteiger partial charge in [0.25, 0.3) is 0 Å². The summed E-state index contributed by atoms with van der Waals surface area (Å²) in [6, 6.07) is 0.272. The van der Waals surface area contributed by atoms with Crippen molar-refractivity contribution in [1.82, 2.24) is 9.80 Å². The van der Waals surface area contributed by atoms with Gasteiger partial charge < -0.3 is 9.80 Å². The molecule has 3 nitrogen and oxygen atoms in total. The molecule has 2 aliphatic heterocycles. The lowest BCUT2D eigenvalue weighted by Crippen LogP contribution is -2.48. The maximum atomic E-state index is 11.5. The predicted molar refractivity (Wildman–Crippen MR) is 42.4 cm³/mol. The fourth-order valence-electron chi connectivity index (χ4n) is 1.62. The standard InChI is InChI=1S/C8H14N2O/c11-8(10-6-3-7-10)9-4-1-2-5-9/h1-7H2. The smallest absolute Gasteiger partial charge is 0.319 e. The van der Waals surface area contributed by atoms with Crippen LogP contribution in [0.25, 0.3) is 0 Å². The molecular weight excluding hydrogens is 140 g/mol. The van der Waals surface area contributed by atoms with Gasteiger partial charge in [-0.25, -0.2) is 4.79 Å². The number of likely N-dealkylation sites (tertiary alicyclic amines) is 2. The largest absolute Gasteiger partial charge is 0.325 e. The van der Waals surface area contributed by atoms with Gasteiger partial charge in [0, 0.05) is 26.2 Å². The molecule has 0 N–H and O–H groups in total. The van der Waals surface area contributed by atoms with Crippen molar-refractivity contribution < 1.29 is 4.79 Å². The Morgan fingerprint density at radius 2 is 1.27 bits per heavy atom. The van der Waals surface area contributed by atoms with Crippen LogP contribution in [0.4, 0.5) is 4.79 Å². The molecule has 2 saturated heterocycles. The molecule has 2 rings (SSSR count). The van der Waals surface area contributed by atoms with E-state index < -0.39 is 0 Å². The third-order valence-corrected chi connectivity index (χ3v) is 2.50. The van der Waals surface area contributed by atoms with Gasteiger partial charge in [0.05, 0.1) is 0 Å². The lowest BCUT2D eigenvalue weighted by molar-refractivity contribution is 0.135. The Hall–Kier alpha value is -0.730. The first-order valence-electron chi connectivity index (χ1n) is 4.42. The Morgan fingerprint density at radius 1 is 0.818 bits per heavy atom. The Balaban J connectivity index is 1.87. The van der Waals surface area contributed by atoms with Gasteiger partial charge in [0.15, 0.2) is 0 Å². The van der Waals surface area contributed by atoms with Crippen LogP contribution in [0.3, 0.4) is 0 Å². The lowest BCUT2D eigenvalue weighted by Gasteiger charge is -2.34. The molecule has 0 saturated carbocycles. The van der Waals surface area contributed by atoms with Crippen LogP contribution in [-0.4, -0.2) is 42.0 Å². The highest BCUT2D eigenvalue weighted by Crippen LogP contribution is 2.14. The van der Waals surface area contributed by atoms with Crippen molar-refractivity contribution in [2.45, 2.75) is 19.3 Å². The van der Waals surface area contributed by atoms with Gasteiger partial charge in [-0.1, -0.05) is 0 Å². The monoisotopic (exact) mass is 154 g/mol. The summed E-state index contributed by atoms with van der Waals surface area (Å²) in [5, 5.41) is 0. The van der Waals surface area contributed by atoms with E-state index in [0.717, 1.165) is 26.2 Å². The van der Waals surface area contributed by atoms with E-state index >= 15 is 0 Å². The molecule has 62 valence electrons. The molecular formula is C8H14N2O. The second-order valence-electron chi connectivity index (χ2n) is 3.32. The average molecular weight is 154 g/mol. The van der Waals surface area contributed by atoms with Gasteiger partial charge in [-0.15, -0.1) is 0 Å². The predicted octanol–water partition coefficient (Wildman–Crippen LogP) is 0.908. The minimum atomic E-state index is 0.272. The van der Waals surface area contributed by atoms with Crippen LogP contribution in [0, 0.1) is 0 Å². The summed E-state index contributed by atoms with van der Waals surface area (Å²) in [7, 11) is 0. The van der Waals surface area contributed by atoms with E-state index in [1.807, 2.05) is 9.80 Å². The number of hydrogen-bond donors (Lipinski definition) is 0. The molecule has 2 aliphatic rings. The SMILES string of the molecule is O=C(N1CCCC1)N1CCC1. The highest BCUT2D eigenvalue weighted by Gasteiger charge is 2.26. The lowest BCUT2D eigenvalue weighted by atomic mass is 10.2. The third-order valence-electron chi connectivity index (χ3n) is 2.50. The number of rotatable bonds is 0. The average Bonchev–Trinajstić information content (AvgIpc) is 2.32. The molecule has 11 heavy (non-hydrogen) atoms. The third kappa shape index (κ3) is 1.19. The molecule has 0 aromatic heterocycles. The van der Waals surface area contributed by atoms with Crippen molar-refractivity contribution in [3.05, 3.63) is 0 Å². The van der Waals surface area contributed by atoms with Crippen LogP contribution in [0.15, 0.2) is 0 Å². The zero-order valence-electron chi connectivity index (χ0n) is 6.75. The van der Waals surface area contributed by atoms with E-state index in [1.54, 1.807) is 0 Å². The fourth-order valence-corrected chi connectivity index (χ4v) is 1.62. The van der Waals surface area contributed by atoms with Crippen LogP contribution >= 0.6 is 0 Å². The van der Waals surface area contributed by atoms with Gasteiger partial charge in [-0.2, -0.15) is 0 Å². The molecule has 2 heterocycles. The Bertz CT molecular complexity index is 159. The van der Waals surface area contributed by atoms with Crippen LogP contribution in [0.5, 0.6) is 0 Å². The first-order valence-corrected chi connectivity index (χ1v) is 4.42. The molecule has 0 radical (unpaired) electrons. The Labute approximate surface area is 67.0 Å². The molecule has 2 fully saturated rings. The van der Waals surface area contributed by atoms with E-state index in [4.69, 9.17) is 0 Å². The maximum absolute atomic E-state index is 11.5. The number of carbonyl (C=O) groups excluding carboxylic acids is 1. The molecule has 0 aromatic carbocycles. The minimum absolute atomic E-state index is 0.272. The summed E-state index contributed by atoms with van der Waals surface area (Å²) in [4.78, 5) is 15.4. The van der Waals surface area contributed by atoms with E-state index in [0.29, 0.717) is 0 Å². The van der Waals surface area contributed by atoms with Crippen molar-refractivity contribution in [3.63, 3.8) is 0 Å². The topological polar surface area (TPSA) is 23.6 Å². The minimum Gasteiger partial charge on any atom is -0.325 e. The van der Waals surface area contributed by atoms with Crippen LogP contribution in [0.1, 0.15) is 19.3 Å². The molecule has 2 amide bonds. The van der Waals surface area contributed by atoms with Crippen molar-refractivity contribution >= 4 is 6.03 Å². The number of amides is 2. The van der Waals surface area contributed by atoms with E-state index in [2.05, 4.69) is 0 Å². The molecule has 0 aliphatic carbocycles. The number of carbonyl (C=O) groups is 1. The summed E-state index contributed by atoms with van der Waals surface area (Å²) in [5.74, 6) is 0. The summed E-state index contributed by atoms with van der Waals surface area (Å²) < 4.78 is 0. The number of urea groups is 1. The van der Waals surface area contributed by atoms with E-state index in [-0.39, 0.29) is 6.03 Å². The zero-order chi connectivity index (χ0) is 7.68. The van der Waals surface area contributed by atoms with Crippen molar-refractivity contribution in [2.24, 2.45) is 0 Å². The molecule has 0 bridgehead atoms. The summed E-state index contributed by atoms with van der Waals surface area (Å²) >= 11 is 0. The van der Waals surface area contributed by atoms with Gasteiger partial charge in [-0.3, -0.25) is 0 Å². The summed E-state index contributed by atoms with van der Waals surface area (Å²) in [6.45, 7) is 3.93. The normalized spacial score (nSPS) is 23.6. The summed E-state index contributed by atoms with van der Waals surface area (Å²) in [5.41, 5.74) is 0. The fraction of sp³-hybridized carbons (Fsp3) is 0.875. The maximum Gasteiger partial charge on any atom is 0.319 e. The molecule has 0 unspecified atom stereocenters. The van der Waals surface area contributed by atoms with Crippen molar-refractivity contribution in [2.75, 3.05) is 26.2 Å². The number of hydrogen-bond acceptors (Lipinski definition) is 1. The Morgan fingerprint density at radius 3 is 1.64 bits per heavy atom. The highest BCUT2D eigenvalue weighted by atomic mass is 16.2. The van der Waals surface area contributed by atoms with Gasteiger partial charge >= 0.3 is 6.03 Å². The van der Waals surface area contributed by atoms with Crippen molar-refractivity contribution in [1.29, 1.82) is 0 Å². The van der Waals surface area contributed by atoms with Gasteiger partial charge in [0.1, 0.15) is 0 Å². The number of nitrogens with zero attached hydrogens (tertiary/aromatic N) is 2.